The van der Waals surface area contributed by atoms with Crippen LogP contribution in [0.3, 0.4) is 0 Å². The molecule has 0 bridgehead atoms. The highest BCUT2D eigenvalue weighted by Gasteiger charge is 2.48. The first-order valence-corrected chi connectivity index (χ1v) is 7.72. The van der Waals surface area contributed by atoms with Gasteiger partial charge in [0.15, 0.2) is 5.13 Å². The Morgan fingerprint density at radius 3 is 2.43 bits per heavy atom. The number of nitrogens with zero attached hydrogens (tertiary/aromatic N) is 3. The van der Waals surface area contributed by atoms with Gasteiger partial charge in [-0.15, -0.1) is 36.2 Å². The van der Waals surface area contributed by atoms with E-state index in [9.17, 15) is 4.79 Å². The minimum absolute atomic E-state index is 0. The Labute approximate surface area is 141 Å². The molecule has 0 atom stereocenters. The van der Waals surface area contributed by atoms with Gasteiger partial charge < -0.3 is 15.5 Å². The Kier molecular flexibility index (Phi) is 6.28. The number of aromatic nitrogens is 1. The molecular weight excluding hydrogens is 331 g/mol. The van der Waals surface area contributed by atoms with E-state index in [2.05, 4.69) is 16.8 Å². The van der Waals surface area contributed by atoms with E-state index in [1.807, 2.05) is 11.1 Å². The van der Waals surface area contributed by atoms with Gasteiger partial charge in [-0.05, 0) is 19.3 Å². The molecule has 120 valence electrons. The quantitative estimate of drug-likeness (QED) is 0.898. The van der Waals surface area contributed by atoms with Gasteiger partial charge in [0.1, 0.15) is 0 Å². The van der Waals surface area contributed by atoms with E-state index in [1.165, 1.54) is 4.88 Å². The first-order valence-electron chi connectivity index (χ1n) is 6.90. The number of hydrogen-bond donors (Lipinski definition) is 1. The number of thiazole rings is 1. The van der Waals surface area contributed by atoms with Crippen LogP contribution in [0.4, 0.5) is 5.13 Å². The molecule has 0 unspecified atom stereocenters. The van der Waals surface area contributed by atoms with Crippen molar-refractivity contribution in [2.45, 2.75) is 31.7 Å². The number of halogens is 2. The Morgan fingerprint density at radius 2 is 1.95 bits per heavy atom. The van der Waals surface area contributed by atoms with Crippen LogP contribution < -0.4 is 10.6 Å². The number of rotatable bonds is 3. The molecule has 1 aromatic heterocycles. The van der Waals surface area contributed by atoms with Crippen molar-refractivity contribution in [1.82, 2.24) is 9.88 Å². The standard InChI is InChI=1S/C13H20N4OS.2ClH/c1-2-10-9-15-12(19-10)17-7-5-16(6-8-17)11(18)13(14)3-4-13;;/h9H,2-8,14H2,1H3;2*1H. The second kappa shape index (κ2) is 7.13. The Balaban J connectivity index is 0.00000110. The van der Waals surface area contributed by atoms with Crippen molar-refractivity contribution in [3.63, 3.8) is 0 Å². The summed E-state index contributed by atoms with van der Waals surface area (Å²) in [5, 5.41) is 1.08. The van der Waals surface area contributed by atoms with Crippen LogP contribution in [0, 0.1) is 0 Å². The van der Waals surface area contributed by atoms with Gasteiger partial charge in [-0.25, -0.2) is 4.98 Å². The zero-order chi connectivity index (χ0) is 13.5. The van der Waals surface area contributed by atoms with Crippen molar-refractivity contribution >= 4 is 47.2 Å². The van der Waals surface area contributed by atoms with Crippen LogP contribution >= 0.6 is 36.2 Å². The fourth-order valence-electron chi connectivity index (χ4n) is 2.37. The normalized spacial score (nSPS) is 19.5. The summed E-state index contributed by atoms with van der Waals surface area (Å²) in [4.78, 5) is 22.1. The topological polar surface area (TPSA) is 62.5 Å². The van der Waals surface area contributed by atoms with Gasteiger partial charge in [0, 0.05) is 37.3 Å². The summed E-state index contributed by atoms with van der Waals surface area (Å²) in [5.41, 5.74) is 5.44. The molecule has 2 aliphatic rings. The minimum Gasteiger partial charge on any atom is -0.345 e. The van der Waals surface area contributed by atoms with Gasteiger partial charge in [0.2, 0.25) is 5.91 Å². The maximum absolute atomic E-state index is 12.1. The second-order valence-electron chi connectivity index (χ2n) is 5.40. The zero-order valence-electron chi connectivity index (χ0n) is 12.1. The van der Waals surface area contributed by atoms with E-state index < -0.39 is 5.54 Å². The molecule has 5 nitrogen and oxygen atoms in total. The molecule has 21 heavy (non-hydrogen) atoms. The van der Waals surface area contributed by atoms with Crippen LogP contribution in [0.1, 0.15) is 24.6 Å². The van der Waals surface area contributed by atoms with E-state index in [0.29, 0.717) is 0 Å². The molecule has 3 rings (SSSR count). The van der Waals surface area contributed by atoms with E-state index >= 15 is 0 Å². The zero-order valence-corrected chi connectivity index (χ0v) is 14.5. The fraction of sp³-hybridized carbons (Fsp3) is 0.692. The highest BCUT2D eigenvalue weighted by molar-refractivity contribution is 7.15. The summed E-state index contributed by atoms with van der Waals surface area (Å²) >= 11 is 1.75. The number of nitrogens with two attached hydrogens (primary N) is 1. The van der Waals surface area contributed by atoms with Crippen molar-refractivity contribution in [1.29, 1.82) is 0 Å². The van der Waals surface area contributed by atoms with Gasteiger partial charge in [-0.1, -0.05) is 6.92 Å². The average Bonchev–Trinajstić information content (AvgIpc) is 3.03. The van der Waals surface area contributed by atoms with Crippen molar-refractivity contribution in [3.05, 3.63) is 11.1 Å². The Bertz CT molecular complexity index is 484. The maximum atomic E-state index is 12.1. The monoisotopic (exact) mass is 352 g/mol. The molecule has 2 N–H and O–H groups in total. The molecule has 2 heterocycles. The third kappa shape index (κ3) is 3.80. The molecule has 0 aromatic carbocycles. The summed E-state index contributed by atoms with van der Waals surface area (Å²) in [6.45, 7) is 5.39. The van der Waals surface area contributed by atoms with Crippen LogP contribution in [-0.2, 0) is 11.2 Å². The number of carbonyl (C=O) groups is 1. The minimum atomic E-state index is -0.529. The lowest BCUT2D eigenvalue weighted by atomic mass is 10.2. The number of anilines is 1. The van der Waals surface area contributed by atoms with Crippen LogP contribution in [0.25, 0.3) is 0 Å². The molecule has 1 saturated heterocycles. The summed E-state index contributed by atoms with van der Waals surface area (Å²) in [6, 6.07) is 0. The Morgan fingerprint density at radius 1 is 1.33 bits per heavy atom. The first-order chi connectivity index (χ1) is 9.12. The molecule has 8 heteroatoms. The van der Waals surface area contributed by atoms with Crippen LogP contribution in [0.5, 0.6) is 0 Å². The maximum Gasteiger partial charge on any atom is 0.242 e. The van der Waals surface area contributed by atoms with Gasteiger partial charge in [-0.3, -0.25) is 4.79 Å². The molecular formula is C13H22Cl2N4OS. The third-order valence-electron chi connectivity index (χ3n) is 3.94. The second-order valence-corrected chi connectivity index (χ2v) is 6.49. The number of amides is 1. The van der Waals surface area contributed by atoms with Crippen molar-refractivity contribution in [2.24, 2.45) is 5.73 Å². The molecule has 1 aromatic rings. The van der Waals surface area contributed by atoms with E-state index in [-0.39, 0.29) is 30.7 Å². The number of hydrogen-bond acceptors (Lipinski definition) is 5. The highest BCUT2D eigenvalue weighted by atomic mass is 35.5. The molecule has 1 saturated carbocycles. The number of carbonyl (C=O) groups excluding carboxylic acids is 1. The number of aryl methyl sites for hydroxylation is 1. The number of piperazine rings is 1. The van der Waals surface area contributed by atoms with Gasteiger partial charge in [0.05, 0.1) is 5.54 Å². The molecule has 2 fully saturated rings. The molecule has 1 amide bonds. The largest absolute Gasteiger partial charge is 0.345 e. The van der Waals surface area contributed by atoms with Crippen LogP contribution in [0.2, 0.25) is 0 Å². The van der Waals surface area contributed by atoms with E-state index in [0.717, 1.165) is 50.6 Å². The van der Waals surface area contributed by atoms with E-state index in [4.69, 9.17) is 5.73 Å². The van der Waals surface area contributed by atoms with Gasteiger partial charge in [0.25, 0.3) is 0 Å². The molecule has 1 aliphatic carbocycles. The lowest BCUT2D eigenvalue weighted by Gasteiger charge is -2.35. The first kappa shape index (κ1) is 18.5. The average molecular weight is 353 g/mol. The fourth-order valence-corrected chi connectivity index (χ4v) is 3.27. The summed E-state index contributed by atoms with van der Waals surface area (Å²) < 4.78 is 0. The van der Waals surface area contributed by atoms with Crippen LogP contribution in [0.15, 0.2) is 6.20 Å². The lowest BCUT2D eigenvalue weighted by molar-refractivity contribution is -0.133. The van der Waals surface area contributed by atoms with Crippen molar-refractivity contribution < 1.29 is 4.79 Å². The van der Waals surface area contributed by atoms with Crippen molar-refractivity contribution in [2.75, 3.05) is 31.1 Å². The highest BCUT2D eigenvalue weighted by Crippen LogP contribution is 2.34. The third-order valence-corrected chi connectivity index (χ3v) is 5.14. The van der Waals surface area contributed by atoms with Crippen LogP contribution in [-0.4, -0.2) is 47.5 Å². The predicted molar refractivity (Wildman–Crippen MR) is 90.9 cm³/mol. The Hall–Kier alpha value is -0.560. The molecule has 1 aliphatic heterocycles. The summed E-state index contributed by atoms with van der Waals surface area (Å²) in [5.74, 6) is 0.139. The lowest BCUT2D eigenvalue weighted by Crippen LogP contribution is -2.54. The van der Waals surface area contributed by atoms with Gasteiger partial charge >= 0.3 is 0 Å². The summed E-state index contributed by atoms with van der Waals surface area (Å²) in [7, 11) is 0. The van der Waals surface area contributed by atoms with E-state index in [1.54, 1.807) is 11.3 Å². The van der Waals surface area contributed by atoms with Crippen molar-refractivity contribution in [3.8, 4) is 0 Å². The SMILES string of the molecule is CCc1cnc(N2CCN(C(=O)C3(N)CC3)CC2)s1.Cl.Cl. The molecule has 0 spiro atoms. The summed E-state index contributed by atoms with van der Waals surface area (Å²) in [6.07, 6.45) is 4.68. The molecule has 0 radical (unpaired) electrons. The smallest absolute Gasteiger partial charge is 0.242 e. The predicted octanol–water partition coefficient (Wildman–Crippen LogP) is 1.69. The van der Waals surface area contributed by atoms with Gasteiger partial charge in [-0.2, -0.15) is 0 Å².